The fourth-order valence-electron chi connectivity index (χ4n) is 13.2. The summed E-state index contributed by atoms with van der Waals surface area (Å²) in [6, 6.07) is 10.0. The van der Waals surface area contributed by atoms with E-state index in [1.165, 1.54) is 93.8 Å². The van der Waals surface area contributed by atoms with Crippen LogP contribution in [0.4, 0.5) is 16.2 Å². The lowest BCUT2D eigenvalue weighted by Gasteiger charge is -2.58. The summed E-state index contributed by atoms with van der Waals surface area (Å²) in [6.07, 6.45) is 19.2. The van der Waals surface area contributed by atoms with Crippen LogP contribution in [0.15, 0.2) is 60.2 Å². The molecule has 416 valence electrons. The molecule has 6 rings (SSSR count). The van der Waals surface area contributed by atoms with Crippen molar-refractivity contribution in [3.05, 3.63) is 71.0 Å². The number of amides is 4. The van der Waals surface area contributed by atoms with Gasteiger partial charge in [-0.1, -0.05) is 91.5 Å². The molecular formula is C59H88N5O10S-. The number of ether oxygens (including phenoxy) is 3. The molecule has 0 aromatic heterocycles. The van der Waals surface area contributed by atoms with E-state index in [1.54, 1.807) is 29.8 Å². The predicted octanol–water partition coefficient (Wildman–Crippen LogP) is 11.5. The van der Waals surface area contributed by atoms with Gasteiger partial charge >= 0.3 is 6.16 Å². The van der Waals surface area contributed by atoms with Crippen LogP contribution >= 0.6 is 11.8 Å². The highest BCUT2D eigenvalue weighted by Crippen LogP contribution is 2.67. The molecule has 0 spiro atoms. The summed E-state index contributed by atoms with van der Waals surface area (Å²) in [5.74, 6) is 4.12. The molecule has 16 heteroatoms. The van der Waals surface area contributed by atoms with Crippen LogP contribution in [0.5, 0.6) is 5.75 Å². The zero-order valence-electron chi connectivity index (χ0n) is 46.1. The number of anilines is 2. The second-order valence-corrected chi connectivity index (χ2v) is 24.4. The molecule has 10 atom stereocenters. The van der Waals surface area contributed by atoms with Crippen molar-refractivity contribution in [2.75, 3.05) is 35.7 Å². The van der Waals surface area contributed by atoms with Gasteiger partial charge in [0.15, 0.2) is 0 Å². The summed E-state index contributed by atoms with van der Waals surface area (Å²) in [5.41, 5.74) is 3.43. The largest absolute Gasteiger partial charge is 0.733 e. The second kappa shape index (κ2) is 28.1. The molecule has 0 heterocycles. The van der Waals surface area contributed by atoms with E-state index in [0.717, 1.165) is 48.3 Å². The summed E-state index contributed by atoms with van der Waals surface area (Å²) in [6.45, 7) is 17.3. The van der Waals surface area contributed by atoms with Gasteiger partial charge < -0.3 is 45.9 Å². The summed E-state index contributed by atoms with van der Waals surface area (Å²) < 4.78 is 16.7. The number of fused-ring (bicyclic) bond motifs is 5. The highest BCUT2D eigenvalue weighted by Gasteiger charge is 2.59. The highest BCUT2D eigenvalue weighted by molar-refractivity contribution is 7.98. The second-order valence-electron chi connectivity index (χ2n) is 23.4. The molecule has 0 radical (unpaired) electrons. The number of hydrogen-bond acceptors (Lipinski definition) is 12. The van der Waals surface area contributed by atoms with E-state index >= 15 is 0 Å². The van der Waals surface area contributed by atoms with Crippen LogP contribution in [0.3, 0.4) is 0 Å². The molecule has 4 amide bonds. The van der Waals surface area contributed by atoms with Crippen molar-refractivity contribution in [2.24, 2.45) is 52.3 Å². The van der Waals surface area contributed by atoms with Gasteiger partial charge in [-0.25, -0.2) is 4.79 Å². The lowest BCUT2D eigenvalue weighted by molar-refractivity contribution is -0.132. The highest BCUT2D eigenvalue weighted by atomic mass is 32.2. The van der Waals surface area contributed by atoms with Crippen molar-refractivity contribution in [1.82, 2.24) is 16.0 Å². The first kappa shape index (κ1) is 59.6. The molecular weight excluding hydrogens is 971 g/mol. The Hall–Kier alpha value is -4.64. The van der Waals surface area contributed by atoms with E-state index in [-0.39, 0.29) is 59.5 Å². The minimum atomic E-state index is -0.976. The third-order valence-electron chi connectivity index (χ3n) is 17.3. The average Bonchev–Trinajstić information content (AvgIpc) is 3.73. The normalized spacial score (nSPS) is 25.1. The topological polar surface area (TPSA) is 208 Å². The van der Waals surface area contributed by atoms with Crippen LogP contribution in [0.25, 0.3) is 0 Å². The van der Waals surface area contributed by atoms with Crippen molar-refractivity contribution in [2.45, 2.75) is 176 Å². The Morgan fingerprint density at radius 3 is 2.24 bits per heavy atom. The number of benzene rings is 2. The molecule has 1 unspecified atom stereocenters. The molecule has 0 aliphatic heterocycles. The first-order chi connectivity index (χ1) is 35.8. The summed E-state index contributed by atoms with van der Waals surface area (Å²) in [4.78, 5) is 65.5. The van der Waals surface area contributed by atoms with Gasteiger partial charge in [0.05, 0.1) is 11.8 Å². The molecule has 5 N–H and O–H groups in total. The SMILES string of the molecule is CSCC[C@H](NC(=O)[C@H](CC(C)C)NC(=O)CCC(=O)NCCCO[C@H]1CC[C@@]2(C)C(=CCC3[C@@H]4CC[C@H]([C@H](C)CCCC(C)C)[C@@]4(C)CC[C@@H]32)C1)C(=O)Nc1ccc(COC(=O)Oc2ccc(N([O-])O)cc2)cc1. The maximum atomic E-state index is 13.7. The number of allylic oxidation sites excluding steroid dienone is 1. The van der Waals surface area contributed by atoms with Crippen molar-refractivity contribution >= 4 is 52.9 Å². The van der Waals surface area contributed by atoms with E-state index in [0.29, 0.717) is 54.8 Å². The van der Waals surface area contributed by atoms with Crippen LogP contribution in [-0.4, -0.2) is 78.3 Å². The van der Waals surface area contributed by atoms with Gasteiger partial charge in [0.25, 0.3) is 0 Å². The molecule has 2 aromatic carbocycles. The fourth-order valence-corrected chi connectivity index (χ4v) is 13.7. The third-order valence-corrected chi connectivity index (χ3v) is 17.9. The van der Waals surface area contributed by atoms with Crippen LogP contribution in [-0.2, 0) is 35.3 Å². The number of nitrogens with zero attached hydrogens (tertiary/aromatic N) is 1. The molecule has 4 aliphatic carbocycles. The minimum Gasteiger partial charge on any atom is -0.733 e. The summed E-state index contributed by atoms with van der Waals surface area (Å²) >= 11 is 1.53. The first-order valence-electron chi connectivity index (χ1n) is 28.0. The predicted molar refractivity (Wildman–Crippen MR) is 296 cm³/mol. The Kier molecular flexibility index (Phi) is 22.3. The molecule has 4 aliphatic rings. The van der Waals surface area contributed by atoms with Crippen molar-refractivity contribution in [3.63, 3.8) is 0 Å². The van der Waals surface area contributed by atoms with Gasteiger partial charge in [-0.2, -0.15) is 11.8 Å². The quantitative estimate of drug-likeness (QED) is 0.0186. The molecule has 2 aromatic rings. The number of nitrogens with one attached hydrogen (secondary N) is 4. The van der Waals surface area contributed by atoms with Gasteiger partial charge in [0.1, 0.15) is 24.4 Å². The Morgan fingerprint density at radius 2 is 1.55 bits per heavy atom. The minimum absolute atomic E-state index is 0.0180. The zero-order chi connectivity index (χ0) is 54.3. The molecule has 3 saturated carbocycles. The zero-order valence-corrected chi connectivity index (χ0v) is 46.9. The summed E-state index contributed by atoms with van der Waals surface area (Å²) in [5, 5.41) is 31.1. The molecule has 75 heavy (non-hydrogen) atoms. The van der Waals surface area contributed by atoms with Gasteiger partial charge in [-0.15, -0.1) is 0 Å². The van der Waals surface area contributed by atoms with Gasteiger partial charge in [-0.3, -0.25) is 24.4 Å². The lowest BCUT2D eigenvalue weighted by atomic mass is 9.47. The van der Waals surface area contributed by atoms with Crippen LogP contribution in [0, 0.1) is 57.5 Å². The molecule has 3 fully saturated rings. The van der Waals surface area contributed by atoms with E-state index in [2.05, 4.69) is 62.0 Å². The van der Waals surface area contributed by atoms with E-state index in [9.17, 15) is 29.2 Å². The van der Waals surface area contributed by atoms with Crippen LogP contribution in [0.2, 0.25) is 0 Å². The average molecular weight is 1060 g/mol. The Labute approximate surface area is 451 Å². The van der Waals surface area contributed by atoms with Crippen molar-refractivity contribution < 1.29 is 43.4 Å². The third kappa shape index (κ3) is 16.7. The van der Waals surface area contributed by atoms with Crippen LogP contribution < -0.4 is 31.2 Å². The number of hydrogen-bond donors (Lipinski definition) is 5. The van der Waals surface area contributed by atoms with Crippen LogP contribution in [0.1, 0.15) is 157 Å². The number of thioether (sulfide) groups is 1. The van der Waals surface area contributed by atoms with E-state index in [4.69, 9.17) is 19.4 Å². The molecule has 0 saturated heterocycles. The monoisotopic (exact) mass is 1060 g/mol. The van der Waals surface area contributed by atoms with Crippen molar-refractivity contribution in [3.8, 4) is 5.75 Å². The standard InChI is InChI=1S/C59H88N5O10S/c1-38(2)11-9-12-40(5)48-23-24-49-47-22-15-42-36-46(27-30-58(42,6)50(47)28-31-59(48,49)7)72-33-10-32-60-53(65)25-26-54(66)62-52(35-39(3)4)56(68)63-51(29-34-75-8)55(67)61-43-16-13-41(14-17-43)37-73-57(69)74-45-20-18-44(19-21-45)64(70)71/h13-21,38-40,46-52,70H,9-12,22-37H2,1-8H3,(H,60,65)(H,61,67)(H,62,66)(H,63,68)/q-1/t40-,46+,47?,48-,49+,50+,51+,52+,58+,59-/m1/s1. The van der Waals surface area contributed by atoms with Gasteiger partial charge in [0.2, 0.25) is 23.6 Å². The fraction of sp³-hybridized carbons (Fsp3) is 0.678. The molecule has 0 bridgehead atoms. The maximum absolute atomic E-state index is 13.7. The molecule has 15 nitrogen and oxygen atoms in total. The first-order valence-corrected chi connectivity index (χ1v) is 29.4. The number of rotatable bonds is 27. The smallest absolute Gasteiger partial charge is 0.514 e. The van der Waals surface area contributed by atoms with Gasteiger partial charge in [0, 0.05) is 31.7 Å². The summed E-state index contributed by atoms with van der Waals surface area (Å²) in [7, 11) is 0. The van der Waals surface area contributed by atoms with Crippen molar-refractivity contribution in [1.29, 1.82) is 0 Å². The van der Waals surface area contributed by atoms with E-state index in [1.807, 2.05) is 20.1 Å². The lowest BCUT2D eigenvalue weighted by Crippen LogP contribution is -2.53. The number of carbonyl (C=O) groups excluding carboxylic acids is 5. The maximum Gasteiger partial charge on any atom is 0.514 e. The van der Waals surface area contributed by atoms with E-state index < -0.39 is 36.0 Å². The van der Waals surface area contributed by atoms with Gasteiger partial charge in [-0.05, 0) is 177 Å². The Morgan fingerprint density at radius 1 is 0.813 bits per heavy atom. The Balaban J connectivity index is 0.882. The number of carbonyl (C=O) groups is 5. The Bertz CT molecular complexity index is 2220.